The lowest BCUT2D eigenvalue weighted by Gasteiger charge is -2.24. The van der Waals surface area contributed by atoms with Crippen molar-refractivity contribution in [3.8, 4) is 0 Å². The molecule has 8 heteroatoms. The highest BCUT2D eigenvalue weighted by Crippen LogP contribution is 2.13. The van der Waals surface area contributed by atoms with Crippen LogP contribution in [0.1, 0.15) is 12.5 Å². The molecule has 20 heavy (non-hydrogen) atoms. The fourth-order valence-electron chi connectivity index (χ4n) is 1.46. The zero-order valence-electron chi connectivity index (χ0n) is 11.0. The van der Waals surface area contributed by atoms with Gasteiger partial charge in [-0.1, -0.05) is 17.7 Å². The van der Waals surface area contributed by atoms with Crippen LogP contribution in [0, 0.1) is 0 Å². The van der Waals surface area contributed by atoms with Crippen molar-refractivity contribution < 1.29 is 18.0 Å². The van der Waals surface area contributed by atoms with Crippen LogP contribution in [0.15, 0.2) is 18.3 Å². The third kappa shape index (κ3) is 5.75. The quantitative estimate of drug-likeness (QED) is 0.848. The number of likely N-dealkylation sites (N-methyl/N-ethyl adjacent to an activating group) is 1. The molecule has 0 aliphatic heterocycles. The summed E-state index contributed by atoms with van der Waals surface area (Å²) in [5.41, 5.74) is 0.812. The molecule has 4 nitrogen and oxygen atoms in total. The highest BCUT2D eigenvalue weighted by Gasteiger charge is 2.29. The number of pyridine rings is 1. The third-order valence-corrected chi connectivity index (χ3v) is 2.95. The van der Waals surface area contributed by atoms with E-state index in [4.69, 9.17) is 11.6 Å². The lowest BCUT2D eigenvalue weighted by molar-refractivity contribution is -0.141. The number of halogens is 4. The van der Waals surface area contributed by atoms with Gasteiger partial charge in [0.1, 0.15) is 11.7 Å². The standard InChI is InChI=1S/C12H15ClF3N3O/c1-8(11(20)18-7-12(14,15)16)19(2)6-9-3-4-10(13)17-5-9/h3-5,8H,6-7H2,1-2H3,(H,18,20). The Labute approximate surface area is 119 Å². The van der Waals surface area contributed by atoms with Crippen LogP contribution < -0.4 is 5.32 Å². The molecule has 1 aromatic heterocycles. The van der Waals surface area contributed by atoms with E-state index in [2.05, 4.69) is 4.98 Å². The van der Waals surface area contributed by atoms with Gasteiger partial charge in [0.2, 0.25) is 5.91 Å². The molecule has 0 saturated carbocycles. The van der Waals surface area contributed by atoms with Crippen LogP contribution >= 0.6 is 11.6 Å². The number of alkyl halides is 3. The van der Waals surface area contributed by atoms with Gasteiger partial charge >= 0.3 is 6.18 Å². The molecular weight excluding hydrogens is 295 g/mol. The van der Waals surface area contributed by atoms with Crippen molar-refractivity contribution in [1.82, 2.24) is 15.2 Å². The second-order valence-electron chi connectivity index (χ2n) is 4.41. The first-order valence-corrected chi connectivity index (χ1v) is 6.22. The van der Waals surface area contributed by atoms with E-state index in [9.17, 15) is 18.0 Å². The first-order chi connectivity index (χ1) is 9.19. The molecule has 0 aliphatic rings. The van der Waals surface area contributed by atoms with Crippen molar-refractivity contribution in [1.29, 1.82) is 0 Å². The Morgan fingerprint density at radius 2 is 2.15 bits per heavy atom. The van der Waals surface area contributed by atoms with Gasteiger partial charge in [-0.3, -0.25) is 9.69 Å². The summed E-state index contributed by atoms with van der Waals surface area (Å²) in [4.78, 5) is 17.1. The monoisotopic (exact) mass is 309 g/mol. The Hall–Kier alpha value is -1.34. The summed E-state index contributed by atoms with van der Waals surface area (Å²) in [6.45, 7) is 0.590. The van der Waals surface area contributed by atoms with Gasteiger partial charge in [-0.25, -0.2) is 4.98 Å². The summed E-state index contributed by atoms with van der Waals surface area (Å²) in [7, 11) is 1.65. The van der Waals surface area contributed by atoms with Crippen LogP contribution in [-0.4, -0.2) is 41.6 Å². The van der Waals surface area contributed by atoms with Crippen molar-refractivity contribution in [2.45, 2.75) is 25.7 Å². The predicted octanol–water partition coefficient (Wildman–Crippen LogP) is 2.23. The maximum Gasteiger partial charge on any atom is 0.405 e. The largest absolute Gasteiger partial charge is 0.405 e. The Morgan fingerprint density at radius 1 is 1.50 bits per heavy atom. The summed E-state index contributed by atoms with van der Waals surface area (Å²) in [5, 5.41) is 2.21. The number of carbonyl (C=O) groups excluding carboxylic acids is 1. The van der Waals surface area contributed by atoms with Crippen LogP contribution in [0.5, 0.6) is 0 Å². The average molecular weight is 310 g/mol. The van der Waals surface area contributed by atoms with E-state index in [1.807, 2.05) is 5.32 Å². The van der Waals surface area contributed by atoms with Gasteiger partial charge in [0.15, 0.2) is 0 Å². The molecule has 1 N–H and O–H groups in total. The molecular formula is C12H15ClF3N3O. The molecule has 0 aromatic carbocycles. The van der Waals surface area contributed by atoms with Gasteiger partial charge in [-0.2, -0.15) is 13.2 Å². The number of carbonyl (C=O) groups is 1. The Balaban J connectivity index is 2.51. The third-order valence-electron chi connectivity index (χ3n) is 2.72. The number of hydrogen-bond donors (Lipinski definition) is 1. The van der Waals surface area contributed by atoms with Crippen molar-refractivity contribution in [2.75, 3.05) is 13.6 Å². The summed E-state index contributed by atoms with van der Waals surface area (Å²) < 4.78 is 36.0. The van der Waals surface area contributed by atoms with Crippen LogP contribution in [-0.2, 0) is 11.3 Å². The number of nitrogens with zero attached hydrogens (tertiary/aromatic N) is 2. The SMILES string of the molecule is CC(C(=O)NCC(F)(F)F)N(C)Cc1ccc(Cl)nc1. The fraction of sp³-hybridized carbons (Fsp3) is 0.500. The minimum Gasteiger partial charge on any atom is -0.346 e. The van der Waals surface area contributed by atoms with E-state index in [1.165, 1.54) is 6.92 Å². The molecule has 1 heterocycles. The zero-order valence-corrected chi connectivity index (χ0v) is 11.8. The van der Waals surface area contributed by atoms with Crippen molar-refractivity contribution >= 4 is 17.5 Å². The van der Waals surface area contributed by atoms with Gasteiger partial charge in [-0.05, 0) is 25.6 Å². The van der Waals surface area contributed by atoms with E-state index in [0.29, 0.717) is 11.7 Å². The highest BCUT2D eigenvalue weighted by molar-refractivity contribution is 6.29. The molecule has 0 spiro atoms. The summed E-state index contributed by atoms with van der Waals surface area (Å²) in [6.07, 6.45) is -2.85. The van der Waals surface area contributed by atoms with Gasteiger partial charge in [0.05, 0.1) is 6.04 Å². The summed E-state index contributed by atoms with van der Waals surface area (Å²) in [6, 6.07) is 2.67. The summed E-state index contributed by atoms with van der Waals surface area (Å²) >= 11 is 5.65. The number of aromatic nitrogens is 1. The second kappa shape index (κ2) is 6.90. The maximum atomic E-state index is 12.0. The molecule has 0 fully saturated rings. The van der Waals surface area contributed by atoms with Crippen LogP contribution in [0.25, 0.3) is 0 Å². The Kier molecular flexibility index (Phi) is 5.76. The van der Waals surface area contributed by atoms with Gasteiger partial charge in [0, 0.05) is 12.7 Å². The van der Waals surface area contributed by atoms with E-state index in [0.717, 1.165) is 5.56 Å². The molecule has 0 bridgehead atoms. The lowest BCUT2D eigenvalue weighted by atomic mass is 10.2. The van der Waals surface area contributed by atoms with Crippen LogP contribution in [0.4, 0.5) is 13.2 Å². The normalized spacial score (nSPS) is 13.3. The second-order valence-corrected chi connectivity index (χ2v) is 4.80. The highest BCUT2D eigenvalue weighted by atomic mass is 35.5. The molecule has 0 saturated heterocycles. The molecule has 0 aliphatic carbocycles. The number of nitrogens with one attached hydrogen (secondary N) is 1. The predicted molar refractivity (Wildman–Crippen MR) is 69.2 cm³/mol. The average Bonchev–Trinajstić information content (AvgIpc) is 2.36. The lowest BCUT2D eigenvalue weighted by Crippen LogP contribution is -2.45. The van der Waals surface area contributed by atoms with E-state index in [1.54, 1.807) is 30.3 Å². The maximum absolute atomic E-state index is 12.0. The van der Waals surface area contributed by atoms with E-state index >= 15 is 0 Å². The van der Waals surface area contributed by atoms with Crippen molar-refractivity contribution in [3.05, 3.63) is 29.0 Å². The first kappa shape index (κ1) is 16.7. The van der Waals surface area contributed by atoms with E-state index in [-0.39, 0.29) is 0 Å². The number of rotatable bonds is 5. The minimum absolute atomic E-state index is 0.354. The molecule has 0 radical (unpaired) electrons. The molecule has 1 atom stereocenters. The molecule has 1 rings (SSSR count). The van der Waals surface area contributed by atoms with Crippen molar-refractivity contribution in [2.24, 2.45) is 0 Å². The Morgan fingerprint density at radius 3 is 2.65 bits per heavy atom. The fourth-order valence-corrected chi connectivity index (χ4v) is 1.57. The van der Waals surface area contributed by atoms with Crippen LogP contribution in [0.2, 0.25) is 5.15 Å². The Bertz CT molecular complexity index is 450. The molecule has 1 unspecified atom stereocenters. The number of amides is 1. The first-order valence-electron chi connectivity index (χ1n) is 5.84. The minimum atomic E-state index is -4.41. The smallest absolute Gasteiger partial charge is 0.346 e. The van der Waals surface area contributed by atoms with Gasteiger partial charge < -0.3 is 5.32 Å². The van der Waals surface area contributed by atoms with E-state index < -0.39 is 24.7 Å². The van der Waals surface area contributed by atoms with Crippen molar-refractivity contribution in [3.63, 3.8) is 0 Å². The van der Waals surface area contributed by atoms with Gasteiger partial charge in [-0.15, -0.1) is 0 Å². The zero-order chi connectivity index (χ0) is 15.3. The topological polar surface area (TPSA) is 45.2 Å². The molecule has 112 valence electrons. The van der Waals surface area contributed by atoms with Gasteiger partial charge in [0.25, 0.3) is 0 Å². The summed E-state index contributed by atoms with van der Waals surface area (Å²) in [5.74, 6) is -0.674. The number of hydrogen-bond acceptors (Lipinski definition) is 3. The molecule has 1 aromatic rings. The van der Waals surface area contributed by atoms with Crippen LogP contribution in [0.3, 0.4) is 0 Å². The molecule has 1 amide bonds.